The Hall–Kier alpha value is -0.380. The quantitative estimate of drug-likeness (QED) is 0.506. The third-order valence-electron chi connectivity index (χ3n) is 3.42. The van der Waals surface area contributed by atoms with E-state index in [4.69, 9.17) is 13.8 Å². The standard InChI is InChI=1S/C13H25O5P/c1-5-8-9-11-10-13(4,12(14)18-11)19(15,16-6-2)17-7-3/h11H,5-10H2,1-4H3. The van der Waals surface area contributed by atoms with Crippen molar-refractivity contribution in [1.29, 1.82) is 0 Å². The van der Waals surface area contributed by atoms with Crippen LogP contribution in [0.2, 0.25) is 0 Å². The van der Waals surface area contributed by atoms with Crippen molar-refractivity contribution in [3.8, 4) is 0 Å². The summed E-state index contributed by atoms with van der Waals surface area (Å²) in [4.78, 5) is 12.1. The molecule has 1 heterocycles. The predicted octanol–water partition coefficient (Wildman–Crippen LogP) is 3.52. The van der Waals surface area contributed by atoms with Crippen LogP contribution >= 0.6 is 7.60 Å². The van der Waals surface area contributed by atoms with Gasteiger partial charge < -0.3 is 13.8 Å². The molecular formula is C13H25O5P. The summed E-state index contributed by atoms with van der Waals surface area (Å²) >= 11 is 0. The molecule has 1 rings (SSSR count). The molecule has 0 aromatic carbocycles. The highest BCUT2D eigenvalue weighted by molar-refractivity contribution is 7.56. The topological polar surface area (TPSA) is 61.8 Å². The molecular weight excluding hydrogens is 267 g/mol. The normalized spacial score (nSPS) is 27.6. The highest BCUT2D eigenvalue weighted by atomic mass is 31.2. The minimum absolute atomic E-state index is 0.174. The van der Waals surface area contributed by atoms with Crippen molar-refractivity contribution in [2.24, 2.45) is 0 Å². The maximum Gasteiger partial charge on any atom is 0.347 e. The minimum Gasteiger partial charge on any atom is -0.461 e. The predicted molar refractivity (Wildman–Crippen MR) is 73.3 cm³/mol. The zero-order valence-electron chi connectivity index (χ0n) is 12.3. The van der Waals surface area contributed by atoms with E-state index in [1.165, 1.54) is 0 Å². The van der Waals surface area contributed by atoms with Crippen molar-refractivity contribution in [2.45, 2.75) is 64.6 Å². The number of carbonyl (C=O) groups excluding carboxylic acids is 1. The molecule has 1 aliphatic heterocycles. The Bertz CT molecular complexity index is 347. The number of esters is 1. The van der Waals surface area contributed by atoms with E-state index in [9.17, 15) is 9.36 Å². The summed E-state index contributed by atoms with van der Waals surface area (Å²) in [6, 6.07) is 0. The van der Waals surface area contributed by atoms with Gasteiger partial charge in [-0.3, -0.25) is 9.36 Å². The Balaban J connectivity index is 2.88. The summed E-state index contributed by atoms with van der Waals surface area (Å²) in [5.74, 6) is -0.459. The van der Waals surface area contributed by atoms with Gasteiger partial charge in [0.15, 0.2) is 5.16 Å². The van der Waals surface area contributed by atoms with Gasteiger partial charge in [-0.15, -0.1) is 0 Å². The summed E-state index contributed by atoms with van der Waals surface area (Å²) in [6.07, 6.45) is 3.06. The Morgan fingerprint density at radius 1 is 1.32 bits per heavy atom. The molecule has 0 aliphatic carbocycles. The second-order valence-electron chi connectivity index (χ2n) is 4.98. The largest absolute Gasteiger partial charge is 0.461 e. The fraction of sp³-hybridized carbons (Fsp3) is 0.923. The molecule has 0 saturated carbocycles. The zero-order chi connectivity index (χ0) is 14.5. The number of carbonyl (C=O) groups is 1. The Kier molecular flexibility index (Phi) is 6.03. The van der Waals surface area contributed by atoms with E-state index in [1.54, 1.807) is 20.8 Å². The first kappa shape index (κ1) is 16.7. The molecule has 2 unspecified atom stereocenters. The van der Waals surface area contributed by atoms with Crippen LogP contribution < -0.4 is 0 Å². The van der Waals surface area contributed by atoms with Gasteiger partial charge in [0.05, 0.1) is 13.2 Å². The Labute approximate surface area is 115 Å². The summed E-state index contributed by atoms with van der Waals surface area (Å²) in [6.45, 7) is 7.70. The Morgan fingerprint density at radius 2 is 1.89 bits per heavy atom. The SMILES string of the molecule is CCCCC1CC(C)(P(=O)(OCC)OCC)C(=O)O1. The van der Waals surface area contributed by atoms with Gasteiger partial charge in [0.25, 0.3) is 0 Å². The molecule has 0 aromatic rings. The van der Waals surface area contributed by atoms with Gasteiger partial charge in [-0.25, -0.2) is 0 Å². The van der Waals surface area contributed by atoms with Gasteiger partial charge in [-0.05, 0) is 27.2 Å². The number of ether oxygens (including phenoxy) is 1. The molecule has 1 fully saturated rings. The lowest BCUT2D eigenvalue weighted by molar-refractivity contribution is -0.143. The number of rotatable bonds is 8. The van der Waals surface area contributed by atoms with Gasteiger partial charge in [-0.2, -0.15) is 0 Å². The van der Waals surface area contributed by atoms with E-state index in [1.807, 2.05) is 0 Å². The minimum atomic E-state index is -3.48. The second-order valence-corrected chi connectivity index (χ2v) is 7.48. The van der Waals surface area contributed by atoms with Crippen LogP contribution in [-0.4, -0.2) is 30.4 Å². The van der Waals surface area contributed by atoms with Crippen LogP contribution in [0.1, 0.15) is 53.4 Å². The van der Waals surface area contributed by atoms with Crippen LogP contribution in [0.25, 0.3) is 0 Å². The molecule has 6 heteroatoms. The van der Waals surface area contributed by atoms with E-state index < -0.39 is 18.7 Å². The van der Waals surface area contributed by atoms with Gasteiger partial charge in [0, 0.05) is 6.42 Å². The molecule has 1 saturated heterocycles. The average Bonchev–Trinajstić information content (AvgIpc) is 2.65. The van der Waals surface area contributed by atoms with Crippen LogP contribution in [0.3, 0.4) is 0 Å². The number of hydrogen-bond donors (Lipinski definition) is 0. The van der Waals surface area contributed by atoms with Crippen molar-refractivity contribution in [3.05, 3.63) is 0 Å². The monoisotopic (exact) mass is 292 g/mol. The first-order valence-corrected chi connectivity index (χ1v) is 8.58. The van der Waals surface area contributed by atoms with Crippen molar-refractivity contribution in [3.63, 3.8) is 0 Å². The lowest BCUT2D eigenvalue weighted by Crippen LogP contribution is -2.32. The van der Waals surface area contributed by atoms with Crippen LogP contribution in [-0.2, 0) is 23.1 Å². The molecule has 1 aliphatic rings. The summed E-state index contributed by atoms with van der Waals surface area (Å²) < 4.78 is 28.8. The van der Waals surface area contributed by atoms with E-state index in [-0.39, 0.29) is 19.3 Å². The molecule has 5 nitrogen and oxygen atoms in total. The fourth-order valence-electron chi connectivity index (χ4n) is 2.33. The third-order valence-corrected chi connectivity index (χ3v) is 6.19. The molecule has 19 heavy (non-hydrogen) atoms. The van der Waals surface area contributed by atoms with E-state index in [0.29, 0.717) is 6.42 Å². The number of unbranched alkanes of at least 4 members (excludes halogenated alkanes) is 1. The van der Waals surface area contributed by atoms with Crippen LogP contribution in [0.4, 0.5) is 0 Å². The maximum atomic E-state index is 12.8. The molecule has 0 aromatic heterocycles. The number of hydrogen-bond acceptors (Lipinski definition) is 5. The van der Waals surface area contributed by atoms with Crippen molar-refractivity contribution in [1.82, 2.24) is 0 Å². The molecule has 0 radical (unpaired) electrons. The fourth-order valence-corrected chi connectivity index (χ4v) is 4.35. The molecule has 0 amide bonds. The molecule has 112 valence electrons. The van der Waals surface area contributed by atoms with E-state index in [2.05, 4.69) is 6.92 Å². The summed E-state index contributed by atoms with van der Waals surface area (Å²) in [7, 11) is -3.48. The van der Waals surface area contributed by atoms with E-state index >= 15 is 0 Å². The highest BCUT2D eigenvalue weighted by Gasteiger charge is 2.59. The van der Waals surface area contributed by atoms with Crippen molar-refractivity contribution >= 4 is 13.6 Å². The molecule has 0 bridgehead atoms. The van der Waals surface area contributed by atoms with Crippen LogP contribution in [0.15, 0.2) is 0 Å². The zero-order valence-corrected chi connectivity index (χ0v) is 13.2. The van der Waals surface area contributed by atoms with Gasteiger partial charge >= 0.3 is 13.6 Å². The third kappa shape index (κ3) is 3.39. The van der Waals surface area contributed by atoms with Crippen LogP contribution in [0.5, 0.6) is 0 Å². The van der Waals surface area contributed by atoms with Crippen molar-refractivity contribution in [2.75, 3.05) is 13.2 Å². The highest BCUT2D eigenvalue weighted by Crippen LogP contribution is 2.64. The summed E-state index contributed by atoms with van der Waals surface area (Å²) in [5.41, 5.74) is 0. The maximum absolute atomic E-state index is 12.8. The average molecular weight is 292 g/mol. The Morgan fingerprint density at radius 3 is 2.37 bits per heavy atom. The van der Waals surface area contributed by atoms with Gasteiger partial charge in [0.1, 0.15) is 6.10 Å². The lowest BCUT2D eigenvalue weighted by Gasteiger charge is -2.28. The van der Waals surface area contributed by atoms with Crippen LogP contribution in [0, 0.1) is 0 Å². The van der Waals surface area contributed by atoms with Gasteiger partial charge in [-0.1, -0.05) is 19.8 Å². The summed E-state index contributed by atoms with van der Waals surface area (Å²) in [5, 5.41) is -1.17. The smallest absolute Gasteiger partial charge is 0.347 e. The molecule has 0 spiro atoms. The first-order valence-electron chi connectivity index (χ1n) is 7.03. The second kappa shape index (κ2) is 6.87. The molecule has 0 N–H and O–H groups in total. The first-order chi connectivity index (χ1) is 8.93. The molecule has 2 atom stereocenters. The lowest BCUT2D eigenvalue weighted by atomic mass is 10.0. The van der Waals surface area contributed by atoms with Gasteiger partial charge in [0.2, 0.25) is 0 Å². The van der Waals surface area contributed by atoms with E-state index in [0.717, 1.165) is 19.3 Å². The van der Waals surface area contributed by atoms with Crippen molar-refractivity contribution < 1.29 is 23.1 Å². The number of cyclic esters (lactones) is 1.